The van der Waals surface area contributed by atoms with Gasteiger partial charge >= 0.3 is 0 Å². The minimum Gasteiger partial charge on any atom is -0.497 e. The highest BCUT2D eigenvalue weighted by molar-refractivity contribution is 5.94. The van der Waals surface area contributed by atoms with Gasteiger partial charge in [-0.2, -0.15) is 0 Å². The SMILES string of the molecule is CNc1ncc(C(=O)N2C[C@H]3CC[C@@H]2CN(Cc2ccc(OC)cc2)C3)cn1. The quantitative estimate of drug-likeness (QED) is 0.857. The molecule has 2 aromatic rings. The van der Waals surface area contributed by atoms with Crippen molar-refractivity contribution in [2.45, 2.75) is 25.4 Å². The molecule has 1 amide bonds. The van der Waals surface area contributed by atoms with Gasteiger partial charge in [0.1, 0.15) is 5.75 Å². The molecule has 0 radical (unpaired) electrons. The molecule has 7 heteroatoms. The van der Waals surface area contributed by atoms with E-state index in [4.69, 9.17) is 4.74 Å². The van der Waals surface area contributed by atoms with Crippen molar-refractivity contribution in [3.8, 4) is 5.75 Å². The number of benzene rings is 1. The maximum Gasteiger partial charge on any atom is 0.257 e. The summed E-state index contributed by atoms with van der Waals surface area (Å²) >= 11 is 0. The van der Waals surface area contributed by atoms with Crippen molar-refractivity contribution < 1.29 is 9.53 Å². The van der Waals surface area contributed by atoms with E-state index in [9.17, 15) is 4.79 Å². The summed E-state index contributed by atoms with van der Waals surface area (Å²) < 4.78 is 5.25. The monoisotopic (exact) mass is 381 g/mol. The zero-order valence-corrected chi connectivity index (χ0v) is 16.5. The smallest absolute Gasteiger partial charge is 0.257 e. The second-order valence-corrected chi connectivity index (χ2v) is 7.64. The summed E-state index contributed by atoms with van der Waals surface area (Å²) in [5.41, 5.74) is 1.84. The Hall–Kier alpha value is -2.67. The molecule has 0 aliphatic carbocycles. The molecule has 5 rings (SSSR count). The minimum atomic E-state index is 0.0450. The van der Waals surface area contributed by atoms with Gasteiger partial charge in [-0.15, -0.1) is 0 Å². The summed E-state index contributed by atoms with van der Waals surface area (Å²) in [5, 5.41) is 2.88. The molecule has 0 saturated carbocycles. The molecular formula is C21H27N5O2. The van der Waals surface area contributed by atoms with Crippen LogP contribution in [0.2, 0.25) is 0 Å². The maximum absolute atomic E-state index is 13.1. The molecule has 3 fully saturated rings. The Balaban J connectivity index is 1.45. The standard InChI is InChI=1S/C21H27N5O2/c1-22-21-23-9-17(10-24-21)20(27)26-13-16-3-6-18(26)14-25(12-16)11-15-4-7-19(28-2)8-5-15/h4-5,7-10,16,18H,3,6,11-14H2,1-2H3,(H,22,23,24)/t16-,18+/m0/s1. The van der Waals surface area contributed by atoms with Gasteiger partial charge in [-0.1, -0.05) is 12.1 Å². The maximum atomic E-state index is 13.1. The van der Waals surface area contributed by atoms with Gasteiger partial charge in [0.05, 0.1) is 12.7 Å². The number of fused-ring (bicyclic) bond motifs is 4. The van der Waals surface area contributed by atoms with E-state index in [1.807, 2.05) is 17.0 Å². The normalized spacial score (nSPS) is 22.0. The molecule has 28 heavy (non-hydrogen) atoms. The Bertz CT molecular complexity index is 809. The lowest BCUT2D eigenvalue weighted by Gasteiger charge is -2.36. The van der Waals surface area contributed by atoms with Crippen molar-refractivity contribution in [3.05, 3.63) is 47.8 Å². The molecule has 148 valence electrons. The van der Waals surface area contributed by atoms with E-state index in [2.05, 4.69) is 32.3 Å². The van der Waals surface area contributed by atoms with E-state index in [0.29, 0.717) is 17.4 Å². The van der Waals surface area contributed by atoms with Crippen LogP contribution in [0.3, 0.4) is 0 Å². The molecule has 1 aromatic heterocycles. The number of piperidine rings is 1. The molecule has 2 atom stereocenters. The number of carbonyl (C=O) groups excluding carboxylic acids is 1. The van der Waals surface area contributed by atoms with Gasteiger partial charge in [-0.05, 0) is 36.5 Å². The average Bonchev–Trinajstić information content (AvgIpc) is 3.04. The second kappa shape index (κ2) is 8.14. The van der Waals surface area contributed by atoms with Gasteiger partial charge in [0, 0.05) is 51.7 Å². The lowest BCUT2D eigenvalue weighted by atomic mass is 9.94. The van der Waals surface area contributed by atoms with E-state index < -0.39 is 0 Å². The van der Waals surface area contributed by atoms with Crippen molar-refractivity contribution in [2.75, 3.05) is 39.1 Å². The number of anilines is 1. The summed E-state index contributed by atoms with van der Waals surface area (Å²) in [6, 6.07) is 8.50. The molecule has 2 bridgehead atoms. The molecule has 0 spiro atoms. The van der Waals surface area contributed by atoms with Crippen LogP contribution in [0, 0.1) is 5.92 Å². The number of ether oxygens (including phenoxy) is 1. The Morgan fingerprint density at radius 3 is 2.57 bits per heavy atom. The zero-order chi connectivity index (χ0) is 19.5. The average molecular weight is 381 g/mol. The number of amides is 1. The molecule has 3 saturated heterocycles. The lowest BCUT2D eigenvalue weighted by Crippen LogP contribution is -2.47. The molecule has 0 unspecified atom stereocenters. The third-order valence-corrected chi connectivity index (χ3v) is 5.74. The lowest BCUT2D eigenvalue weighted by molar-refractivity contribution is 0.0584. The van der Waals surface area contributed by atoms with E-state index >= 15 is 0 Å². The number of rotatable bonds is 5. The molecule has 1 aromatic carbocycles. The van der Waals surface area contributed by atoms with Crippen molar-refractivity contribution in [1.82, 2.24) is 19.8 Å². The highest BCUT2D eigenvalue weighted by Gasteiger charge is 2.37. The first-order chi connectivity index (χ1) is 13.7. The van der Waals surface area contributed by atoms with E-state index in [1.54, 1.807) is 26.6 Å². The molecule has 3 aliphatic heterocycles. The molecule has 4 heterocycles. The Kier molecular flexibility index (Phi) is 5.43. The van der Waals surface area contributed by atoms with Gasteiger partial charge in [0.15, 0.2) is 0 Å². The van der Waals surface area contributed by atoms with E-state index in [0.717, 1.165) is 38.3 Å². The third-order valence-electron chi connectivity index (χ3n) is 5.74. The second-order valence-electron chi connectivity index (χ2n) is 7.64. The fraction of sp³-hybridized carbons (Fsp3) is 0.476. The van der Waals surface area contributed by atoms with Gasteiger partial charge in [-0.3, -0.25) is 9.69 Å². The van der Waals surface area contributed by atoms with Crippen LogP contribution < -0.4 is 10.1 Å². The molecule has 7 nitrogen and oxygen atoms in total. The van der Waals surface area contributed by atoms with Gasteiger partial charge in [-0.25, -0.2) is 9.97 Å². The summed E-state index contributed by atoms with van der Waals surface area (Å²) in [4.78, 5) is 26.0. The minimum absolute atomic E-state index is 0.0450. The Morgan fingerprint density at radius 1 is 1.14 bits per heavy atom. The van der Waals surface area contributed by atoms with Gasteiger partial charge in [0.25, 0.3) is 5.91 Å². The number of hydrogen-bond donors (Lipinski definition) is 1. The van der Waals surface area contributed by atoms with Crippen LogP contribution in [-0.2, 0) is 6.54 Å². The van der Waals surface area contributed by atoms with E-state index in [1.165, 1.54) is 12.0 Å². The summed E-state index contributed by atoms with van der Waals surface area (Å²) in [6.07, 6.45) is 5.48. The van der Waals surface area contributed by atoms with Crippen LogP contribution in [0.15, 0.2) is 36.7 Å². The topological polar surface area (TPSA) is 70.6 Å². The van der Waals surface area contributed by atoms with Crippen LogP contribution in [0.25, 0.3) is 0 Å². The summed E-state index contributed by atoms with van der Waals surface area (Å²) in [7, 11) is 3.45. The number of carbonyl (C=O) groups is 1. The predicted octanol–water partition coefficient (Wildman–Crippen LogP) is 2.26. The van der Waals surface area contributed by atoms with Crippen molar-refractivity contribution in [1.29, 1.82) is 0 Å². The molecular weight excluding hydrogens is 354 g/mol. The highest BCUT2D eigenvalue weighted by atomic mass is 16.5. The predicted molar refractivity (Wildman–Crippen MR) is 107 cm³/mol. The molecule has 3 aliphatic rings. The number of aromatic nitrogens is 2. The Morgan fingerprint density at radius 2 is 1.89 bits per heavy atom. The van der Waals surface area contributed by atoms with Crippen molar-refractivity contribution in [2.24, 2.45) is 5.92 Å². The van der Waals surface area contributed by atoms with Crippen molar-refractivity contribution >= 4 is 11.9 Å². The van der Waals surface area contributed by atoms with Crippen LogP contribution in [0.5, 0.6) is 5.75 Å². The fourth-order valence-corrected chi connectivity index (χ4v) is 4.28. The Labute approximate surface area is 165 Å². The number of methoxy groups -OCH3 is 1. The number of hydrogen-bond acceptors (Lipinski definition) is 6. The van der Waals surface area contributed by atoms with Crippen LogP contribution in [0.4, 0.5) is 5.95 Å². The summed E-state index contributed by atoms with van der Waals surface area (Å²) in [5.74, 6) is 1.96. The van der Waals surface area contributed by atoms with Crippen LogP contribution in [-0.4, -0.2) is 65.5 Å². The van der Waals surface area contributed by atoms with Crippen molar-refractivity contribution in [3.63, 3.8) is 0 Å². The first-order valence-electron chi connectivity index (χ1n) is 9.82. The zero-order valence-electron chi connectivity index (χ0n) is 16.5. The largest absolute Gasteiger partial charge is 0.497 e. The first-order valence-corrected chi connectivity index (χ1v) is 9.82. The van der Waals surface area contributed by atoms with Gasteiger partial charge in [0.2, 0.25) is 5.95 Å². The van der Waals surface area contributed by atoms with E-state index in [-0.39, 0.29) is 11.9 Å². The number of nitrogens with zero attached hydrogens (tertiary/aromatic N) is 4. The van der Waals surface area contributed by atoms with Gasteiger partial charge < -0.3 is 15.0 Å². The number of nitrogens with one attached hydrogen (secondary N) is 1. The van der Waals surface area contributed by atoms with Crippen LogP contribution in [0.1, 0.15) is 28.8 Å². The van der Waals surface area contributed by atoms with Crippen LogP contribution >= 0.6 is 0 Å². The third kappa shape index (κ3) is 3.94. The first kappa shape index (κ1) is 18.7. The fourth-order valence-electron chi connectivity index (χ4n) is 4.28. The summed E-state index contributed by atoms with van der Waals surface area (Å²) in [6.45, 7) is 3.65. The highest BCUT2D eigenvalue weighted by Crippen LogP contribution is 2.30. The molecule has 1 N–H and O–H groups in total.